The van der Waals surface area contributed by atoms with Gasteiger partial charge in [-0.25, -0.2) is 19.1 Å². The summed E-state index contributed by atoms with van der Waals surface area (Å²) in [6.45, 7) is 1.62. The van der Waals surface area contributed by atoms with Crippen LogP contribution < -0.4 is 16.8 Å². The standard InChI is InChI=1S/C23H16N4O5S/c1-13-12-33-23-24-15(10-19(28)26(13)23)11-32-21(30)14-7-8-17-18(9-14)25-22(31)27(20(17)29)16-5-3-2-4-6-16/h2-10,12H,11H2,1H3,(H,25,31). The molecule has 5 aromatic rings. The minimum Gasteiger partial charge on any atom is -0.456 e. The second-order valence-corrected chi connectivity index (χ2v) is 8.16. The molecule has 5 rings (SSSR count). The van der Waals surface area contributed by atoms with Gasteiger partial charge in [-0.3, -0.25) is 14.0 Å². The number of para-hydroxylation sites is 1. The number of aromatic amines is 1. The Morgan fingerprint density at radius 3 is 2.67 bits per heavy atom. The average molecular weight is 460 g/mol. The zero-order chi connectivity index (χ0) is 23.1. The Hall–Kier alpha value is -4.31. The lowest BCUT2D eigenvalue weighted by atomic mass is 10.1. The third kappa shape index (κ3) is 3.66. The van der Waals surface area contributed by atoms with E-state index in [1.165, 1.54) is 40.0 Å². The second kappa shape index (κ2) is 7.99. The molecule has 0 radical (unpaired) electrons. The van der Waals surface area contributed by atoms with E-state index in [1.807, 2.05) is 12.3 Å². The predicted octanol–water partition coefficient (Wildman–Crippen LogP) is 2.41. The fraction of sp³-hybridized carbons (Fsp3) is 0.0870. The van der Waals surface area contributed by atoms with Gasteiger partial charge in [0.2, 0.25) is 0 Å². The van der Waals surface area contributed by atoms with Crippen LogP contribution in [0.2, 0.25) is 0 Å². The van der Waals surface area contributed by atoms with Gasteiger partial charge >= 0.3 is 11.7 Å². The zero-order valence-electron chi connectivity index (χ0n) is 17.3. The first-order chi connectivity index (χ1) is 15.9. The molecule has 33 heavy (non-hydrogen) atoms. The Morgan fingerprint density at radius 1 is 1.09 bits per heavy atom. The summed E-state index contributed by atoms with van der Waals surface area (Å²) in [6.07, 6.45) is 0. The second-order valence-electron chi connectivity index (χ2n) is 7.32. The molecule has 0 aliphatic carbocycles. The van der Waals surface area contributed by atoms with E-state index in [9.17, 15) is 19.2 Å². The largest absolute Gasteiger partial charge is 0.456 e. The Morgan fingerprint density at radius 2 is 1.88 bits per heavy atom. The molecule has 0 amide bonds. The van der Waals surface area contributed by atoms with Crippen molar-refractivity contribution in [3.8, 4) is 5.69 Å². The first kappa shape index (κ1) is 20.6. The first-order valence-corrected chi connectivity index (χ1v) is 10.8. The molecule has 2 aromatic carbocycles. The monoisotopic (exact) mass is 460 g/mol. The third-order valence-electron chi connectivity index (χ3n) is 5.13. The molecule has 3 aromatic heterocycles. The molecule has 0 atom stereocenters. The number of thiazole rings is 1. The number of nitrogens with zero attached hydrogens (tertiary/aromatic N) is 3. The number of carbonyl (C=O) groups excluding carboxylic acids is 1. The molecule has 0 aliphatic rings. The third-order valence-corrected chi connectivity index (χ3v) is 6.07. The molecule has 0 aliphatic heterocycles. The number of nitrogens with one attached hydrogen (secondary N) is 1. The highest BCUT2D eigenvalue weighted by Gasteiger charge is 2.14. The summed E-state index contributed by atoms with van der Waals surface area (Å²) in [5.41, 5.74) is 0.566. The van der Waals surface area contributed by atoms with Crippen molar-refractivity contribution in [2.45, 2.75) is 13.5 Å². The lowest BCUT2D eigenvalue weighted by Crippen LogP contribution is -2.33. The van der Waals surface area contributed by atoms with Gasteiger partial charge in [0.15, 0.2) is 4.96 Å². The Balaban J connectivity index is 1.43. The number of aryl methyl sites for hydroxylation is 1. The molecule has 0 fully saturated rings. The van der Waals surface area contributed by atoms with Crippen molar-refractivity contribution in [3.63, 3.8) is 0 Å². The van der Waals surface area contributed by atoms with Crippen LogP contribution in [0.4, 0.5) is 0 Å². The van der Waals surface area contributed by atoms with Crippen molar-refractivity contribution in [1.29, 1.82) is 0 Å². The van der Waals surface area contributed by atoms with E-state index in [-0.39, 0.29) is 28.6 Å². The van der Waals surface area contributed by atoms with E-state index in [2.05, 4.69) is 9.97 Å². The highest BCUT2D eigenvalue weighted by molar-refractivity contribution is 7.15. The van der Waals surface area contributed by atoms with E-state index in [0.29, 0.717) is 16.3 Å². The lowest BCUT2D eigenvalue weighted by molar-refractivity contribution is 0.0468. The molecule has 3 heterocycles. The van der Waals surface area contributed by atoms with Gasteiger partial charge in [0.1, 0.15) is 6.61 Å². The molecule has 9 nitrogen and oxygen atoms in total. The number of hydrogen-bond acceptors (Lipinski definition) is 7. The number of rotatable bonds is 4. The number of aromatic nitrogens is 4. The first-order valence-electron chi connectivity index (χ1n) is 9.91. The summed E-state index contributed by atoms with van der Waals surface area (Å²) in [5.74, 6) is -0.672. The van der Waals surface area contributed by atoms with Crippen LogP contribution in [0, 0.1) is 6.92 Å². The van der Waals surface area contributed by atoms with E-state index in [4.69, 9.17) is 4.74 Å². The van der Waals surface area contributed by atoms with Gasteiger partial charge in [0.25, 0.3) is 11.1 Å². The van der Waals surface area contributed by atoms with Crippen molar-refractivity contribution >= 4 is 33.2 Å². The highest BCUT2D eigenvalue weighted by atomic mass is 32.1. The number of H-pyrrole nitrogens is 1. The van der Waals surface area contributed by atoms with Crippen LogP contribution in [-0.2, 0) is 11.3 Å². The van der Waals surface area contributed by atoms with Crippen LogP contribution in [0.5, 0.6) is 0 Å². The number of fused-ring (bicyclic) bond motifs is 2. The molecular weight excluding hydrogens is 444 g/mol. The minimum atomic E-state index is -0.672. The maximum Gasteiger partial charge on any atom is 0.338 e. The van der Waals surface area contributed by atoms with Crippen molar-refractivity contribution in [3.05, 3.63) is 108 Å². The molecule has 10 heteroatoms. The number of carbonyl (C=O) groups is 1. The van der Waals surface area contributed by atoms with Gasteiger partial charge in [0, 0.05) is 17.1 Å². The smallest absolute Gasteiger partial charge is 0.338 e. The highest BCUT2D eigenvalue weighted by Crippen LogP contribution is 2.14. The van der Waals surface area contributed by atoms with Crippen molar-refractivity contribution in [2.24, 2.45) is 0 Å². The Kier molecular flexibility index (Phi) is 4.98. The van der Waals surface area contributed by atoms with Crippen LogP contribution in [0.3, 0.4) is 0 Å². The number of esters is 1. The summed E-state index contributed by atoms with van der Waals surface area (Å²) in [4.78, 5) is 57.7. The van der Waals surface area contributed by atoms with Crippen LogP contribution >= 0.6 is 11.3 Å². The molecular formula is C23H16N4O5S. The fourth-order valence-corrected chi connectivity index (χ4v) is 4.44. The van der Waals surface area contributed by atoms with Crippen LogP contribution in [0.1, 0.15) is 21.7 Å². The van der Waals surface area contributed by atoms with Gasteiger partial charge in [0.05, 0.1) is 27.8 Å². The lowest BCUT2D eigenvalue weighted by Gasteiger charge is -2.08. The van der Waals surface area contributed by atoms with Crippen LogP contribution in [-0.4, -0.2) is 24.9 Å². The zero-order valence-corrected chi connectivity index (χ0v) is 18.1. The summed E-state index contributed by atoms with van der Waals surface area (Å²) in [7, 11) is 0. The molecule has 0 spiro atoms. The molecule has 0 unspecified atom stereocenters. The quantitative estimate of drug-likeness (QED) is 0.412. The van der Waals surface area contributed by atoms with Crippen LogP contribution in [0.15, 0.2) is 74.4 Å². The Labute approximate surface area is 189 Å². The molecule has 1 N–H and O–H groups in total. The predicted molar refractivity (Wildman–Crippen MR) is 123 cm³/mol. The summed E-state index contributed by atoms with van der Waals surface area (Å²) in [6, 6.07) is 14.2. The number of hydrogen-bond donors (Lipinski definition) is 1. The average Bonchev–Trinajstić information content (AvgIpc) is 3.19. The van der Waals surface area contributed by atoms with Gasteiger partial charge in [-0.2, -0.15) is 0 Å². The van der Waals surface area contributed by atoms with Gasteiger partial charge < -0.3 is 9.72 Å². The van der Waals surface area contributed by atoms with Crippen molar-refractivity contribution in [1.82, 2.24) is 18.9 Å². The van der Waals surface area contributed by atoms with Crippen molar-refractivity contribution < 1.29 is 9.53 Å². The van der Waals surface area contributed by atoms with E-state index < -0.39 is 17.2 Å². The topological polar surface area (TPSA) is 116 Å². The molecule has 0 saturated carbocycles. The van der Waals surface area contributed by atoms with Crippen molar-refractivity contribution in [2.75, 3.05) is 0 Å². The number of ether oxygens (including phenoxy) is 1. The fourth-order valence-electron chi connectivity index (χ4n) is 3.55. The van der Waals surface area contributed by atoms with E-state index >= 15 is 0 Å². The van der Waals surface area contributed by atoms with Gasteiger partial charge in [-0.15, -0.1) is 11.3 Å². The van der Waals surface area contributed by atoms with Gasteiger partial charge in [-0.05, 0) is 37.3 Å². The van der Waals surface area contributed by atoms with E-state index in [0.717, 1.165) is 10.3 Å². The number of benzene rings is 2. The molecule has 0 saturated heterocycles. The minimum absolute atomic E-state index is 0.153. The van der Waals surface area contributed by atoms with Gasteiger partial charge in [-0.1, -0.05) is 18.2 Å². The maximum atomic E-state index is 12.9. The Bertz CT molecular complexity index is 1710. The molecule has 0 bridgehead atoms. The van der Waals surface area contributed by atoms with E-state index in [1.54, 1.807) is 30.3 Å². The molecule has 164 valence electrons. The maximum absolute atomic E-state index is 12.9. The van der Waals surface area contributed by atoms with Crippen LogP contribution in [0.25, 0.3) is 21.6 Å². The summed E-state index contributed by atoms with van der Waals surface area (Å²) >= 11 is 1.32. The SMILES string of the molecule is Cc1csc2nc(COC(=O)c3ccc4c(=O)n(-c5ccccc5)c(=O)[nH]c4c3)cc(=O)n12. The normalized spacial score (nSPS) is 11.2. The summed E-state index contributed by atoms with van der Waals surface area (Å²) < 4.78 is 7.83. The summed E-state index contributed by atoms with van der Waals surface area (Å²) in [5, 5.41) is 2.07.